The molecule has 0 amide bonds. The lowest BCUT2D eigenvalue weighted by Crippen LogP contribution is -1.55. The number of nitrogens with zero attached hydrogens (tertiary/aromatic N) is 1. The van der Waals surface area contributed by atoms with Crippen molar-refractivity contribution < 1.29 is 8.83 Å². The van der Waals surface area contributed by atoms with Crippen LogP contribution < -0.4 is 0 Å². The van der Waals surface area contributed by atoms with Gasteiger partial charge in [0.2, 0.25) is 0 Å². The SMILES string of the molecule is Cc1cc2ocnc2o1. The molecule has 3 nitrogen and oxygen atoms in total. The van der Waals surface area contributed by atoms with Crippen LogP contribution in [-0.2, 0) is 0 Å². The lowest BCUT2D eigenvalue weighted by atomic mass is 10.5. The van der Waals surface area contributed by atoms with Crippen molar-refractivity contribution in [1.82, 2.24) is 4.98 Å². The molecule has 0 fully saturated rings. The van der Waals surface area contributed by atoms with Gasteiger partial charge in [-0.1, -0.05) is 0 Å². The number of fused-ring (bicyclic) bond motifs is 1. The predicted octanol–water partition coefficient (Wildman–Crippen LogP) is 1.73. The molecule has 2 heterocycles. The van der Waals surface area contributed by atoms with Gasteiger partial charge in [0.05, 0.1) is 0 Å². The summed E-state index contributed by atoms with van der Waals surface area (Å²) in [6, 6.07) is 1.81. The third kappa shape index (κ3) is 0.543. The van der Waals surface area contributed by atoms with Crippen molar-refractivity contribution >= 4 is 11.3 Å². The van der Waals surface area contributed by atoms with Crippen molar-refractivity contribution in [3.8, 4) is 0 Å². The highest BCUT2D eigenvalue weighted by Gasteiger charge is 2.01. The van der Waals surface area contributed by atoms with Gasteiger partial charge in [0.15, 0.2) is 12.0 Å². The largest absolute Gasteiger partial charge is 0.441 e. The average Bonchev–Trinajstić information content (AvgIpc) is 2.22. The second-order valence-corrected chi connectivity index (χ2v) is 1.88. The van der Waals surface area contributed by atoms with Gasteiger partial charge in [0.25, 0.3) is 5.71 Å². The average molecular weight is 123 g/mol. The van der Waals surface area contributed by atoms with Crippen molar-refractivity contribution in [2.45, 2.75) is 6.92 Å². The van der Waals surface area contributed by atoms with Crippen molar-refractivity contribution in [2.75, 3.05) is 0 Å². The summed E-state index contributed by atoms with van der Waals surface area (Å²) in [6.07, 6.45) is 1.37. The smallest absolute Gasteiger partial charge is 0.265 e. The summed E-state index contributed by atoms with van der Waals surface area (Å²) in [7, 11) is 0. The molecular formula is C6H5NO2. The van der Waals surface area contributed by atoms with Crippen molar-refractivity contribution in [1.29, 1.82) is 0 Å². The Kier molecular flexibility index (Phi) is 0.704. The van der Waals surface area contributed by atoms with E-state index in [4.69, 9.17) is 8.83 Å². The number of oxazole rings is 1. The van der Waals surface area contributed by atoms with Crippen LogP contribution in [0.4, 0.5) is 0 Å². The fourth-order valence-corrected chi connectivity index (χ4v) is 0.784. The molecule has 0 N–H and O–H groups in total. The second-order valence-electron chi connectivity index (χ2n) is 1.88. The Hall–Kier alpha value is -1.25. The fraction of sp³-hybridized carbons (Fsp3) is 0.167. The Balaban J connectivity index is 2.92. The Bertz CT molecular complexity index is 292. The van der Waals surface area contributed by atoms with Crippen molar-refractivity contribution in [3.63, 3.8) is 0 Å². The Morgan fingerprint density at radius 3 is 3.22 bits per heavy atom. The summed E-state index contributed by atoms with van der Waals surface area (Å²) in [5, 5.41) is 0. The van der Waals surface area contributed by atoms with E-state index in [-0.39, 0.29) is 0 Å². The van der Waals surface area contributed by atoms with E-state index in [9.17, 15) is 0 Å². The number of furan rings is 1. The van der Waals surface area contributed by atoms with Gasteiger partial charge in [-0.2, -0.15) is 4.98 Å². The molecule has 0 spiro atoms. The monoisotopic (exact) mass is 123 g/mol. The van der Waals surface area contributed by atoms with E-state index in [0.717, 1.165) is 5.76 Å². The molecule has 0 radical (unpaired) electrons. The van der Waals surface area contributed by atoms with Crippen LogP contribution in [-0.4, -0.2) is 4.98 Å². The molecule has 46 valence electrons. The van der Waals surface area contributed by atoms with Gasteiger partial charge >= 0.3 is 0 Å². The minimum absolute atomic E-state index is 0.576. The summed E-state index contributed by atoms with van der Waals surface area (Å²) in [5.74, 6) is 0.830. The minimum Gasteiger partial charge on any atom is -0.441 e. The fourth-order valence-electron chi connectivity index (χ4n) is 0.784. The highest BCUT2D eigenvalue weighted by molar-refractivity contribution is 5.65. The van der Waals surface area contributed by atoms with Gasteiger partial charge in [-0.05, 0) is 6.92 Å². The zero-order chi connectivity index (χ0) is 6.27. The number of hydrogen-bond donors (Lipinski definition) is 0. The maximum atomic E-state index is 5.10. The number of aromatic nitrogens is 1. The predicted molar refractivity (Wildman–Crippen MR) is 31.0 cm³/mol. The lowest BCUT2D eigenvalue weighted by molar-refractivity contribution is 0.567. The van der Waals surface area contributed by atoms with Gasteiger partial charge in [-0.15, -0.1) is 0 Å². The van der Waals surface area contributed by atoms with Gasteiger partial charge in [-0.3, -0.25) is 0 Å². The molecule has 0 aliphatic rings. The topological polar surface area (TPSA) is 39.2 Å². The highest BCUT2D eigenvalue weighted by Crippen LogP contribution is 2.15. The summed E-state index contributed by atoms with van der Waals surface area (Å²) >= 11 is 0. The molecule has 0 aliphatic heterocycles. The normalized spacial score (nSPS) is 10.8. The first-order valence-electron chi connectivity index (χ1n) is 2.66. The van der Waals surface area contributed by atoms with E-state index in [2.05, 4.69) is 4.98 Å². The van der Waals surface area contributed by atoms with Gasteiger partial charge in [-0.25, -0.2) is 0 Å². The van der Waals surface area contributed by atoms with Crippen LogP contribution in [0.25, 0.3) is 11.3 Å². The molecule has 9 heavy (non-hydrogen) atoms. The highest BCUT2D eigenvalue weighted by atomic mass is 16.4. The van der Waals surface area contributed by atoms with Crippen LogP contribution in [0.1, 0.15) is 5.76 Å². The first-order valence-corrected chi connectivity index (χ1v) is 2.66. The van der Waals surface area contributed by atoms with E-state index in [0.29, 0.717) is 11.3 Å². The van der Waals surface area contributed by atoms with Gasteiger partial charge in [0, 0.05) is 6.07 Å². The minimum atomic E-state index is 0.576. The van der Waals surface area contributed by atoms with Crippen LogP contribution in [0.3, 0.4) is 0 Å². The number of aryl methyl sites for hydroxylation is 1. The first kappa shape index (κ1) is 4.61. The quantitative estimate of drug-likeness (QED) is 0.535. The molecule has 0 aromatic carbocycles. The Labute approximate surface area is 51.3 Å². The molecule has 2 aromatic heterocycles. The van der Waals surface area contributed by atoms with Crippen molar-refractivity contribution in [2.24, 2.45) is 0 Å². The second kappa shape index (κ2) is 1.37. The zero-order valence-electron chi connectivity index (χ0n) is 4.92. The molecule has 2 aromatic rings. The molecule has 0 aliphatic carbocycles. The first-order chi connectivity index (χ1) is 4.36. The lowest BCUT2D eigenvalue weighted by Gasteiger charge is -1.71. The van der Waals surface area contributed by atoms with Crippen LogP contribution in [0, 0.1) is 6.92 Å². The standard InChI is InChI=1S/C6H5NO2/c1-4-2-5-6(9-4)7-3-8-5/h2-3H,1H3. The molecule has 0 unspecified atom stereocenters. The van der Waals surface area contributed by atoms with Crippen LogP contribution in [0.2, 0.25) is 0 Å². The maximum absolute atomic E-state index is 5.10. The third-order valence-corrected chi connectivity index (χ3v) is 1.15. The molecule has 0 saturated carbocycles. The summed E-state index contributed by atoms with van der Waals surface area (Å²) in [5.41, 5.74) is 1.29. The Morgan fingerprint density at radius 2 is 2.44 bits per heavy atom. The molecule has 3 heteroatoms. The molecular weight excluding hydrogens is 118 g/mol. The van der Waals surface area contributed by atoms with E-state index in [1.54, 1.807) is 0 Å². The van der Waals surface area contributed by atoms with E-state index in [1.807, 2.05) is 13.0 Å². The van der Waals surface area contributed by atoms with Gasteiger partial charge in [0.1, 0.15) is 5.76 Å². The van der Waals surface area contributed by atoms with Crippen LogP contribution >= 0.6 is 0 Å². The van der Waals surface area contributed by atoms with E-state index < -0.39 is 0 Å². The maximum Gasteiger partial charge on any atom is 0.265 e. The Morgan fingerprint density at radius 1 is 1.56 bits per heavy atom. The van der Waals surface area contributed by atoms with E-state index >= 15 is 0 Å². The van der Waals surface area contributed by atoms with Gasteiger partial charge < -0.3 is 8.83 Å². The van der Waals surface area contributed by atoms with E-state index in [1.165, 1.54) is 6.39 Å². The summed E-state index contributed by atoms with van der Waals surface area (Å²) in [6.45, 7) is 1.86. The molecule has 0 saturated heterocycles. The summed E-state index contributed by atoms with van der Waals surface area (Å²) in [4.78, 5) is 3.81. The zero-order valence-corrected chi connectivity index (χ0v) is 4.92. The molecule has 2 rings (SSSR count). The van der Waals surface area contributed by atoms with Crippen LogP contribution in [0.15, 0.2) is 21.3 Å². The molecule has 0 bridgehead atoms. The van der Waals surface area contributed by atoms with Crippen LogP contribution in [0.5, 0.6) is 0 Å². The third-order valence-electron chi connectivity index (χ3n) is 1.15. The van der Waals surface area contributed by atoms with Crippen molar-refractivity contribution in [3.05, 3.63) is 18.2 Å². The number of hydrogen-bond acceptors (Lipinski definition) is 3. The number of rotatable bonds is 0. The summed E-state index contributed by atoms with van der Waals surface area (Å²) < 4.78 is 10.0. The molecule has 0 atom stereocenters.